The van der Waals surface area contributed by atoms with Gasteiger partial charge in [0.05, 0.1) is 10.8 Å². The van der Waals surface area contributed by atoms with Gasteiger partial charge in [-0.3, -0.25) is 0 Å². The van der Waals surface area contributed by atoms with E-state index >= 15 is 0 Å². The van der Waals surface area contributed by atoms with E-state index in [1.807, 2.05) is 6.07 Å². The monoisotopic (exact) mass is 189 g/mol. The van der Waals surface area contributed by atoms with Crippen molar-refractivity contribution in [2.45, 2.75) is 25.7 Å². The molecule has 0 aliphatic heterocycles. The van der Waals surface area contributed by atoms with Gasteiger partial charge >= 0.3 is 0 Å². The minimum Gasteiger partial charge on any atom is -0.194 e. The molecule has 1 aliphatic carbocycles. The summed E-state index contributed by atoms with van der Waals surface area (Å²) in [5.41, 5.74) is 3.84. The predicted molar refractivity (Wildman–Crippen MR) is 57.8 cm³/mol. The Morgan fingerprint density at radius 2 is 2.08 bits per heavy atom. The van der Waals surface area contributed by atoms with Crippen molar-refractivity contribution >= 4 is 23.1 Å². The van der Waals surface area contributed by atoms with Crippen LogP contribution in [0.25, 0.3) is 0 Å². The summed E-state index contributed by atoms with van der Waals surface area (Å²) < 4.78 is 0. The zero-order chi connectivity index (χ0) is 9.10. The Bertz CT molecular complexity index is 364. The maximum atomic E-state index is 4.62. The van der Waals surface area contributed by atoms with E-state index in [9.17, 15) is 0 Å². The Morgan fingerprint density at radius 3 is 2.92 bits per heavy atom. The van der Waals surface area contributed by atoms with Crippen molar-refractivity contribution in [3.8, 4) is 0 Å². The van der Waals surface area contributed by atoms with Crippen LogP contribution in [0, 0.1) is 0 Å². The SMILES string of the molecule is S=C=Nc1cccc2c1CCCC2. The van der Waals surface area contributed by atoms with Crippen LogP contribution in [0.2, 0.25) is 0 Å². The second-order valence-electron chi connectivity index (χ2n) is 3.33. The zero-order valence-electron chi connectivity index (χ0n) is 7.42. The standard InChI is InChI=1S/C11H11NS/c13-8-12-11-7-3-5-9-4-1-2-6-10(9)11/h3,5,7H,1-2,4,6H2. The Hall–Kier alpha value is -0.980. The summed E-state index contributed by atoms with van der Waals surface area (Å²) in [6, 6.07) is 6.26. The highest BCUT2D eigenvalue weighted by atomic mass is 32.1. The van der Waals surface area contributed by atoms with Crippen LogP contribution in [0.4, 0.5) is 5.69 Å². The number of aryl methyl sites for hydroxylation is 1. The highest BCUT2D eigenvalue weighted by Gasteiger charge is 2.11. The van der Waals surface area contributed by atoms with Gasteiger partial charge in [0.25, 0.3) is 0 Å². The fourth-order valence-electron chi connectivity index (χ4n) is 1.92. The molecule has 0 saturated carbocycles. The van der Waals surface area contributed by atoms with Crippen molar-refractivity contribution in [2.75, 3.05) is 0 Å². The van der Waals surface area contributed by atoms with Gasteiger partial charge in [-0.1, -0.05) is 12.1 Å². The highest BCUT2D eigenvalue weighted by molar-refractivity contribution is 7.78. The number of aliphatic imine (C=N–C) groups is 1. The molecule has 0 aromatic heterocycles. The van der Waals surface area contributed by atoms with Crippen LogP contribution in [-0.4, -0.2) is 5.16 Å². The van der Waals surface area contributed by atoms with E-state index in [0.29, 0.717) is 0 Å². The third-order valence-electron chi connectivity index (χ3n) is 2.54. The number of nitrogens with zero attached hydrogens (tertiary/aromatic N) is 1. The average Bonchev–Trinajstić information content (AvgIpc) is 2.19. The van der Waals surface area contributed by atoms with Crippen molar-refractivity contribution in [1.82, 2.24) is 0 Å². The molecule has 0 atom stereocenters. The lowest BCUT2D eigenvalue weighted by atomic mass is 9.91. The average molecular weight is 189 g/mol. The quantitative estimate of drug-likeness (QED) is 0.487. The summed E-state index contributed by atoms with van der Waals surface area (Å²) in [6.07, 6.45) is 4.91. The van der Waals surface area contributed by atoms with E-state index in [4.69, 9.17) is 0 Å². The van der Waals surface area contributed by atoms with Crippen LogP contribution in [0.3, 0.4) is 0 Å². The molecule has 0 unspecified atom stereocenters. The summed E-state index contributed by atoms with van der Waals surface area (Å²) in [5, 5.41) is 2.44. The van der Waals surface area contributed by atoms with E-state index < -0.39 is 0 Å². The summed E-state index contributed by atoms with van der Waals surface area (Å²) in [4.78, 5) is 4.08. The fraction of sp³-hybridized carbons (Fsp3) is 0.364. The molecular weight excluding hydrogens is 178 g/mol. The lowest BCUT2D eigenvalue weighted by Crippen LogP contribution is -2.01. The summed E-state index contributed by atoms with van der Waals surface area (Å²) in [7, 11) is 0. The van der Waals surface area contributed by atoms with E-state index in [0.717, 1.165) is 12.1 Å². The van der Waals surface area contributed by atoms with Crippen LogP contribution in [0.15, 0.2) is 23.2 Å². The second kappa shape index (κ2) is 3.82. The number of isothiocyanates is 1. The van der Waals surface area contributed by atoms with Crippen LogP contribution in [-0.2, 0) is 12.8 Å². The molecule has 66 valence electrons. The van der Waals surface area contributed by atoms with Crippen molar-refractivity contribution in [1.29, 1.82) is 0 Å². The minimum absolute atomic E-state index is 1.02. The van der Waals surface area contributed by atoms with E-state index in [-0.39, 0.29) is 0 Å². The second-order valence-corrected chi connectivity index (χ2v) is 3.51. The zero-order valence-corrected chi connectivity index (χ0v) is 8.23. The van der Waals surface area contributed by atoms with E-state index in [1.54, 1.807) is 0 Å². The molecule has 1 aliphatic rings. The van der Waals surface area contributed by atoms with Crippen molar-refractivity contribution < 1.29 is 0 Å². The topological polar surface area (TPSA) is 12.4 Å². The number of hydrogen-bond donors (Lipinski definition) is 0. The molecule has 2 heteroatoms. The number of hydrogen-bond acceptors (Lipinski definition) is 2. The number of benzene rings is 1. The van der Waals surface area contributed by atoms with Crippen molar-refractivity contribution in [3.63, 3.8) is 0 Å². The molecule has 0 amide bonds. The summed E-state index contributed by atoms with van der Waals surface area (Å²) in [5.74, 6) is 0. The predicted octanol–water partition coefficient (Wildman–Crippen LogP) is 3.30. The Labute approximate surface area is 83.5 Å². The maximum Gasteiger partial charge on any atom is 0.0774 e. The molecule has 0 bridgehead atoms. The van der Waals surface area contributed by atoms with Crippen LogP contribution < -0.4 is 0 Å². The smallest absolute Gasteiger partial charge is 0.0774 e. The van der Waals surface area contributed by atoms with Gasteiger partial charge in [-0.15, -0.1) is 0 Å². The number of thiocarbonyl (C=S) groups is 1. The van der Waals surface area contributed by atoms with Crippen LogP contribution >= 0.6 is 12.2 Å². The first kappa shape index (κ1) is 8.61. The highest BCUT2D eigenvalue weighted by Crippen LogP contribution is 2.29. The molecule has 2 rings (SSSR count). The lowest BCUT2D eigenvalue weighted by molar-refractivity contribution is 0.686. The van der Waals surface area contributed by atoms with Gasteiger partial charge in [0.1, 0.15) is 0 Å². The largest absolute Gasteiger partial charge is 0.194 e. The first-order valence-corrected chi connectivity index (χ1v) is 5.01. The van der Waals surface area contributed by atoms with Gasteiger partial charge < -0.3 is 0 Å². The summed E-state index contributed by atoms with van der Waals surface area (Å²) in [6.45, 7) is 0. The third-order valence-corrected chi connectivity index (χ3v) is 2.63. The van der Waals surface area contributed by atoms with E-state index in [2.05, 4.69) is 34.5 Å². The van der Waals surface area contributed by atoms with E-state index in [1.165, 1.54) is 30.4 Å². The minimum atomic E-state index is 1.02. The third kappa shape index (κ3) is 1.69. The molecular formula is C11H11NS. The molecule has 0 fully saturated rings. The number of fused-ring (bicyclic) bond motifs is 1. The van der Waals surface area contributed by atoms with Gasteiger partial charge in [-0.05, 0) is 55.1 Å². The molecule has 0 saturated heterocycles. The van der Waals surface area contributed by atoms with Gasteiger partial charge in [-0.2, -0.15) is 4.99 Å². The molecule has 0 spiro atoms. The Kier molecular flexibility index (Phi) is 2.53. The van der Waals surface area contributed by atoms with Crippen LogP contribution in [0.5, 0.6) is 0 Å². The molecule has 1 nitrogen and oxygen atoms in total. The molecule has 13 heavy (non-hydrogen) atoms. The van der Waals surface area contributed by atoms with Gasteiger partial charge in [0.15, 0.2) is 0 Å². The Balaban J connectivity index is 2.51. The molecule has 0 radical (unpaired) electrons. The van der Waals surface area contributed by atoms with Gasteiger partial charge in [0.2, 0.25) is 0 Å². The lowest BCUT2D eigenvalue weighted by Gasteiger charge is -2.16. The maximum absolute atomic E-state index is 4.62. The van der Waals surface area contributed by atoms with Crippen molar-refractivity contribution in [3.05, 3.63) is 29.3 Å². The Morgan fingerprint density at radius 1 is 1.23 bits per heavy atom. The molecule has 0 N–H and O–H groups in total. The van der Waals surface area contributed by atoms with Gasteiger partial charge in [-0.25, -0.2) is 0 Å². The van der Waals surface area contributed by atoms with Crippen molar-refractivity contribution in [2.24, 2.45) is 4.99 Å². The normalized spacial score (nSPS) is 14.5. The van der Waals surface area contributed by atoms with Crippen LogP contribution in [0.1, 0.15) is 24.0 Å². The first-order valence-electron chi connectivity index (χ1n) is 4.60. The summed E-state index contributed by atoms with van der Waals surface area (Å²) >= 11 is 4.62. The number of rotatable bonds is 1. The van der Waals surface area contributed by atoms with Gasteiger partial charge in [0, 0.05) is 0 Å². The molecule has 0 heterocycles. The molecule has 1 aromatic rings. The molecule has 1 aromatic carbocycles. The first-order chi connectivity index (χ1) is 6.42. The fourth-order valence-corrected chi connectivity index (χ4v) is 2.01.